The third-order valence-corrected chi connectivity index (χ3v) is 4.53. The lowest BCUT2D eigenvalue weighted by Crippen LogP contribution is -2.45. The fourth-order valence-corrected chi connectivity index (χ4v) is 3.18. The van der Waals surface area contributed by atoms with Gasteiger partial charge >= 0.3 is 6.09 Å². The second-order valence-electron chi connectivity index (χ2n) is 8.09. The largest absolute Gasteiger partial charge is 0.444 e. The fraction of sp³-hybridized carbons (Fsp3) is 0.476. The smallest absolute Gasteiger partial charge is 0.410 e. The van der Waals surface area contributed by atoms with Crippen molar-refractivity contribution < 1.29 is 18.8 Å². The molecule has 1 fully saturated rings. The molecule has 0 bridgehead atoms. The van der Waals surface area contributed by atoms with Crippen molar-refractivity contribution in [2.45, 2.75) is 39.2 Å². The molecule has 0 spiro atoms. The predicted molar refractivity (Wildman–Crippen MR) is 105 cm³/mol. The van der Waals surface area contributed by atoms with Gasteiger partial charge in [-0.05, 0) is 39.5 Å². The van der Waals surface area contributed by atoms with Crippen LogP contribution in [0.5, 0.6) is 0 Å². The molecule has 3 rings (SSSR count). The molecule has 1 N–H and O–H groups in total. The number of ether oxygens (including phenoxy) is 1. The topological polar surface area (TPSA) is 84.7 Å². The summed E-state index contributed by atoms with van der Waals surface area (Å²) in [4.78, 5) is 26.4. The molecular formula is C21H27N3O4. The van der Waals surface area contributed by atoms with Crippen molar-refractivity contribution in [3.05, 3.63) is 42.2 Å². The van der Waals surface area contributed by atoms with Crippen LogP contribution in [0.15, 0.2) is 40.9 Å². The average molecular weight is 385 g/mol. The minimum Gasteiger partial charge on any atom is -0.444 e. The molecular weight excluding hydrogens is 358 g/mol. The predicted octanol–water partition coefficient (Wildman–Crippen LogP) is 3.72. The van der Waals surface area contributed by atoms with Crippen molar-refractivity contribution in [2.24, 2.45) is 5.92 Å². The Bertz CT molecular complexity index is 811. The molecule has 0 radical (unpaired) electrons. The number of carbonyl (C=O) groups is 2. The Kier molecular flexibility index (Phi) is 6.02. The van der Waals surface area contributed by atoms with E-state index in [4.69, 9.17) is 9.26 Å². The second kappa shape index (κ2) is 8.46. The summed E-state index contributed by atoms with van der Waals surface area (Å²) >= 11 is 0. The molecule has 1 saturated heterocycles. The summed E-state index contributed by atoms with van der Waals surface area (Å²) in [6, 6.07) is 11.2. The number of benzene rings is 1. The highest BCUT2D eigenvalue weighted by molar-refractivity contribution is 5.92. The van der Waals surface area contributed by atoms with Crippen molar-refractivity contribution in [1.29, 1.82) is 0 Å². The first kappa shape index (κ1) is 19.9. The average Bonchev–Trinajstić information content (AvgIpc) is 3.16. The Morgan fingerprint density at radius 2 is 2.04 bits per heavy atom. The SMILES string of the molecule is CC(C)(C)OC(=O)N1CCCC(CNC(=O)c2cc(-c3ccccc3)no2)C1. The zero-order valence-electron chi connectivity index (χ0n) is 16.6. The summed E-state index contributed by atoms with van der Waals surface area (Å²) in [5, 5.41) is 6.86. The molecule has 1 aliphatic heterocycles. The van der Waals surface area contributed by atoms with Gasteiger partial charge in [0.25, 0.3) is 5.91 Å². The van der Waals surface area contributed by atoms with Gasteiger partial charge in [-0.15, -0.1) is 0 Å². The monoisotopic (exact) mass is 385 g/mol. The van der Waals surface area contributed by atoms with Crippen LogP contribution >= 0.6 is 0 Å². The summed E-state index contributed by atoms with van der Waals surface area (Å²) in [6.07, 6.45) is 1.54. The van der Waals surface area contributed by atoms with Crippen LogP contribution in [0, 0.1) is 5.92 Å². The van der Waals surface area contributed by atoms with E-state index < -0.39 is 5.60 Å². The number of nitrogens with one attached hydrogen (secondary N) is 1. The van der Waals surface area contributed by atoms with Gasteiger partial charge < -0.3 is 19.5 Å². The fourth-order valence-electron chi connectivity index (χ4n) is 3.18. The van der Waals surface area contributed by atoms with Gasteiger partial charge in [0.1, 0.15) is 11.3 Å². The molecule has 1 aliphatic rings. The summed E-state index contributed by atoms with van der Waals surface area (Å²) < 4.78 is 10.6. The number of nitrogens with zero attached hydrogens (tertiary/aromatic N) is 2. The standard InChI is InChI=1S/C21H27N3O4/c1-21(2,3)27-20(26)24-11-7-8-15(14-24)13-22-19(25)18-12-17(23-28-18)16-9-5-4-6-10-16/h4-6,9-10,12,15H,7-8,11,13-14H2,1-3H3,(H,22,25). The highest BCUT2D eigenvalue weighted by Gasteiger charge is 2.28. The lowest BCUT2D eigenvalue weighted by molar-refractivity contribution is 0.0167. The van der Waals surface area contributed by atoms with Crippen LogP contribution in [-0.4, -0.2) is 47.3 Å². The maximum Gasteiger partial charge on any atom is 0.410 e. The normalized spacial score (nSPS) is 17.2. The minimum atomic E-state index is -0.513. The molecule has 0 aliphatic carbocycles. The van der Waals surface area contributed by atoms with E-state index in [1.165, 1.54) is 0 Å². The first-order valence-corrected chi connectivity index (χ1v) is 9.60. The van der Waals surface area contributed by atoms with Crippen molar-refractivity contribution >= 4 is 12.0 Å². The Labute approximate surface area is 165 Å². The Hall–Kier alpha value is -2.83. The molecule has 1 aromatic heterocycles. The van der Waals surface area contributed by atoms with Crippen LogP contribution in [0.1, 0.15) is 44.2 Å². The Balaban J connectivity index is 1.52. The van der Waals surface area contributed by atoms with Gasteiger partial charge in [0.05, 0.1) is 0 Å². The number of piperidine rings is 1. The lowest BCUT2D eigenvalue weighted by atomic mass is 9.98. The highest BCUT2D eigenvalue weighted by atomic mass is 16.6. The van der Waals surface area contributed by atoms with E-state index in [-0.39, 0.29) is 23.7 Å². The molecule has 0 saturated carbocycles. The summed E-state index contributed by atoms with van der Waals surface area (Å²) in [5.41, 5.74) is 1.01. The Morgan fingerprint density at radius 1 is 1.29 bits per heavy atom. The number of aromatic nitrogens is 1. The van der Waals surface area contributed by atoms with E-state index in [2.05, 4.69) is 10.5 Å². The van der Waals surface area contributed by atoms with E-state index in [9.17, 15) is 9.59 Å². The summed E-state index contributed by atoms with van der Waals surface area (Å²) in [6.45, 7) is 7.29. The summed E-state index contributed by atoms with van der Waals surface area (Å²) in [7, 11) is 0. The van der Waals surface area contributed by atoms with Gasteiger partial charge in [-0.1, -0.05) is 35.5 Å². The molecule has 2 heterocycles. The maximum absolute atomic E-state index is 12.4. The summed E-state index contributed by atoms with van der Waals surface area (Å²) in [5.74, 6) is 0.0597. The number of likely N-dealkylation sites (tertiary alicyclic amines) is 1. The Morgan fingerprint density at radius 3 is 2.75 bits per heavy atom. The third-order valence-electron chi connectivity index (χ3n) is 4.53. The lowest BCUT2D eigenvalue weighted by Gasteiger charge is -2.34. The molecule has 2 aromatic rings. The van der Waals surface area contributed by atoms with Crippen LogP contribution in [0.25, 0.3) is 11.3 Å². The van der Waals surface area contributed by atoms with Crippen molar-refractivity contribution in [3.63, 3.8) is 0 Å². The molecule has 7 heteroatoms. The molecule has 28 heavy (non-hydrogen) atoms. The van der Waals surface area contributed by atoms with E-state index >= 15 is 0 Å². The number of rotatable bonds is 4. The van der Waals surface area contributed by atoms with E-state index in [1.807, 2.05) is 51.1 Å². The van der Waals surface area contributed by atoms with Crippen molar-refractivity contribution in [3.8, 4) is 11.3 Å². The highest BCUT2D eigenvalue weighted by Crippen LogP contribution is 2.20. The number of hydrogen-bond donors (Lipinski definition) is 1. The molecule has 1 aromatic carbocycles. The third kappa shape index (κ3) is 5.34. The zero-order valence-corrected chi connectivity index (χ0v) is 16.6. The number of hydrogen-bond acceptors (Lipinski definition) is 5. The molecule has 7 nitrogen and oxygen atoms in total. The first-order valence-electron chi connectivity index (χ1n) is 9.60. The van der Waals surface area contributed by atoms with Gasteiger partial charge in [0.2, 0.25) is 5.76 Å². The van der Waals surface area contributed by atoms with Gasteiger partial charge in [-0.25, -0.2) is 4.79 Å². The molecule has 2 amide bonds. The zero-order chi connectivity index (χ0) is 20.1. The maximum atomic E-state index is 12.4. The van der Waals surface area contributed by atoms with E-state index in [0.717, 1.165) is 18.4 Å². The second-order valence-corrected chi connectivity index (χ2v) is 8.09. The van der Waals surface area contributed by atoms with Crippen LogP contribution in [0.2, 0.25) is 0 Å². The van der Waals surface area contributed by atoms with Gasteiger partial charge in [0, 0.05) is 31.3 Å². The number of amides is 2. The molecule has 1 atom stereocenters. The minimum absolute atomic E-state index is 0.179. The first-order chi connectivity index (χ1) is 13.3. The molecule has 1 unspecified atom stereocenters. The van der Waals surface area contributed by atoms with Gasteiger partial charge in [0.15, 0.2) is 0 Å². The van der Waals surface area contributed by atoms with Gasteiger partial charge in [-0.3, -0.25) is 4.79 Å². The quantitative estimate of drug-likeness (QED) is 0.867. The van der Waals surface area contributed by atoms with E-state index in [0.29, 0.717) is 25.3 Å². The molecule has 150 valence electrons. The van der Waals surface area contributed by atoms with Crippen molar-refractivity contribution in [1.82, 2.24) is 15.4 Å². The van der Waals surface area contributed by atoms with Crippen LogP contribution in [-0.2, 0) is 4.74 Å². The van der Waals surface area contributed by atoms with Crippen molar-refractivity contribution in [2.75, 3.05) is 19.6 Å². The van der Waals surface area contributed by atoms with Crippen LogP contribution in [0.4, 0.5) is 4.79 Å². The van der Waals surface area contributed by atoms with Crippen LogP contribution in [0.3, 0.4) is 0 Å². The van der Waals surface area contributed by atoms with E-state index in [1.54, 1.807) is 11.0 Å². The number of carbonyl (C=O) groups excluding carboxylic acids is 2. The van der Waals surface area contributed by atoms with Gasteiger partial charge in [-0.2, -0.15) is 0 Å². The van der Waals surface area contributed by atoms with Crippen LogP contribution < -0.4 is 5.32 Å².